The van der Waals surface area contributed by atoms with Crippen molar-refractivity contribution in [3.05, 3.63) is 0 Å². The minimum atomic E-state index is 0. The number of rotatable bonds is 0. The molecule has 0 aromatic carbocycles. The van der Waals surface area contributed by atoms with Crippen molar-refractivity contribution in [3.8, 4) is 6.19 Å². The lowest BCUT2D eigenvalue weighted by Gasteiger charge is -1.77. The number of nitrogens with two attached hydrogens (primary N) is 7. The first-order chi connectivity index (χ1) is 9.37. The van der Waals surface area contributed by atoms with Gasteiger partial charge in [0.1, 0.15) is 0 Å². The lowest BCUT2D eigenvalue weighted by atomic mass is 10.9. The molecule has 0 aliphatic heterocycles. The Hall–Kier alpha value is -2.29. The van der Waals surface area contributed by atoms with E-state index in [-0.39, 0.29) is 40.8 Å². The van der Waals surface area contributed by atoms with Crippen molar-refractivity contribution in [2.75, 3.05) is 34.8 Å². The average molecular weight is 345 g/mol. The van der Waals surface area contributed by atoms with E-state index in [1.54, 1.807) is 6.92 Å². The molecule has 0 saturated heterocycles. The molecule has 0 atom stereocenters. The smallest absolute Gasteiger partial charge is 0.185 e. The van der Waals surface area contributed by atoms with Gasteiger partial charge in [-0.1, -0.05) is 22.3 Å². The molecule has 0 aromatic heterocycles. The molecule has 0 aromatic rings. The zero-order valence-electron chi connectivity index (χ0n) is 13.0. The molecule has 0 saturated carbocycles. The Morgan fingerprint density at radius 1 is 0.870 bits per heavy atom. The lowest BCUT2D eigenvalue weighted by Crippen LogP contribution is -2.21. The number of nitrogens with zero attached hydrogens (tertiary/aromatic N) is 3. The van der Waals surface area contributed by atoms with E-state index in [2.05, 4.69) is 27.2 Å². The summed E-state index contributed by atoms with van der Waals surface area (Å²) in [6, 6.07) is 0. The third-order valence-electron chi connectivity index (χ3n) is 0.516. The van der Waals surface area contributed by atoms with Gasteiger partial charge >= 0.3 is 0 Å². The number of hydrogen-bond donors (Lipinski definition) is 8. The van der Waals surface area contributed by atoms with E-state index in [0.29, 0.717) is 0 Å². The number of aliphatic imine (C=N–C) groups is 2. The monoisotopic (exact) mass is 344 g/mol. The van der Waals surface area contributed by atoms with Crippen LogP contribution in [0.4, 0.5) is 0 Å². The first-order valence-electron chi connectivity index (χ1n) is 5.19. The van der Waals surface area contributed by atoms with Gasteiger partial charge in [-0.05, 0) is 21.0 Å². The fourth-order valence-electron chi connectivity index (χ4n) is 0. The first kappa shape index (κ1) is 58.7. The largest absolute Gasteiger partial charge is 0.397 e. The fourth-order valence-corrected chi connectivity index (χ4v) is 0. The Balaban J connectivity index is -0.0000000148. The maximum atomic E-state index is 7.57. The van der Waals surface area contributed by atoms with Crippen molar-refractivity contribution in [2.24, 2.45) is 50.1 Å². The summed E-state index contributed by atoms with van der Waals surface area (Å²) < 4.78 is 0. The Kier molecular flexibility index (Phi) is 296. The van der Waals surface area contributed by atoms with E-state index < -0.39 is 0 Å². The molecule has 0 unspecified atom stereocenters. The second-order valence-corrected chi connectivity index (χ2v) is 1.74. The highest BCUT2D eigenvalue weighted by Gasteiger charge is 1.61. The molecule has 0 radical (unpaired) electrons. The van der Waals surface area contributed by atoms with Crippen molar-refractivity contribution in [1.29, 1.82) is 5.26 Å². The summed E-state index contributed by atoms with van der Waals surface area (Å²) in [6.07, 6.45) is 1.25. The Labute approximate surface area is 143 Å². The molecule has 15 N–H and O–H groups in total. The summed E-state index contributed by atoms with van der Waals surface area (Å²) in [5, 5.41) is 14.7. The van der Waals surface area contributed by atoms with Crippen LogP contribution < -0.4 is 40.1 Å². The van der Waals surface area contributed by atoms with Crippen LogP contribution in [0.3, 0.4) is 0 Å². The minimum Gasteiger partial charge on any atom is -0.397 e. The van der Waals surface area contributed by atoms with Gasteiger partial charge in [0.15, 0.2) is 18.1 Å². The summed E-state index contributed by atoms with van der Waals surface area (Å²) in [4.78, 5) is 6.72. The summed E-state index contributed by atoms with van der Waals surface area (Å²) in [5.74, 6) is 0.259. The van der Waals surface area contributed by atoms with Crippen LogP contribution in [0.5, 0.6) is 0 Å². The quantitative estimate of drug-likeness (QED) is 0.107. The molecule has 11 nitrogen and oxygen atoms in total. The van der Waals surface area contributed by atoms with Crippen molar-refractivity contribution >= 4 is 11.9 Å². The normalized spacial score (nSPS) is 4.48. The molecule has 0 heterocycles. The summed E-state index contributed by atoms with van der Waals surface area (Å²) >= 11 is 0. The second kappa shape index (κ2) is 116. The van der Waals surface area contributed by atoms with Gasteiger partial charge in [-0.25, -0.2) is 0 Å². The van der Waals surface area contributed by atoms with E-state index in [9.17, 15) is 0 Å². The standard InChI is InChI=1S/2C2H7N3.C2H6O.CH2N2.2CH5N.3CH4/c2*1-5-2(3)4;1-2-3;2-1-3;2*1-2;;;/h2*1H3,(H4,3,4,5);3H,2H2,1H3;2H2;2*2H2,1H3;3*1H4. The number of nitriles is 1. The van der Waals surface area contributed by atoms with Crippen LogP contribution in [0.1, 0.15) is 29.2 Å². The van der Waals surface area contributed by atoms with E-state index in [0.717, 1.165) is 0 Å². The molecule has 0 fully saturated rings. The van der Waals surface area contributed by atoms with E-state index in [1.807, 2.05) is 0 Å². The Morgan fingerprint density at radius 3 is 0.913 bits per heavy atom. The number of hydrogen-bond acceptors (Lipinski definition) is 7. The molecule has 0 bridgehead atoms. The molecular formula is C12H44N10O. The van der Waals surface area contributed by atoms with Crippen LogP contribution in [0.2, 0.25) is 0 Å². The van der Waals surface area contributed by atoms with Crippen LogP contribution in [-0.2, 0) is 0 Å². The number of aliphatic hydroxyl groups excluding tert-OH is 1. The summed E-state index contributed by atoms with van der Waals surface area (Å²) in [7, 11) is 6.07. The van der Waals surface area contributed by atoms with Crippen LogP contribution in [0.25, 0.3) is 0 Å². The van der Waals surface area contributed by atoms with Crippen LogP contribution in [0, 0.1) is 11.5 Å². The molecule has 23 heavy (non-hydrogen) atoms. The van der Waals surface area contributed by atoms with Gasteiger partial charge in [-0.2, -0.15) is 5.26 Å². The van der Waals surface area contributed by atoms with E-state index >= 15 is 0 Å². The maximum Gasteiger partial charge on any atom is 0.185 e. The van der Waals surface area contributed by atoms with Crippen LogP contribution in [0.15, 0.2) is 9.98 Å². The fraction of sp³-hybridized carbons (Fsp3) is 0.750. The predicted molar refractivity (Wildman–Crippen MR) is 106 cm³/mol. The van der Waals surface area contributed by atoms with Crippen LogP contribution >= 0.6 is 0 Å². The minimum absolute atomic E-state index is 0. The SMILES string of the molecule is C.C.C.CCO.CN.CN.CN=C(N)N.CN=C(N)N.N#CN. The lowest BCUT2D eigenvalue weighted by molar-refractivity contribution is 0.318. The zero-order chi connectivity index (χ0) is 18.0. The molecule has 0 aliphatic carbocycles. The molecule has 0 rings (SSSR count). The van der Waals surface area contributed by atoms with Gasteiger partial charge in [0.2, 0.25) is 0 Å². The zero-order valence-corrected chi connectivity index (χ0v) is 13.0. The maximum absolute atomic E-state index is 7.57. The van der Waals surface area contributed by atoms with Gasteiger partial charge < -0.3 is 45.2 Å². The molecule has 148 valence electrons. The van der Waals surface area contributed by atoms with Crippen molar-refractivity contribution in [1.82, 2.24) is 0 Å². The molecule has 0 spiro atoms. The highest BCUT2D eigenvalue weighted by molar-refractivity contribution is 5.75. The third kappa shape index (κ3) is 2110. The Morgan fingerprint density at radius 2 is 0.913 bits per heavy atom. The van der Waals surface area contributed by atoms with Gasteiger partial charge in [-0.15, -0.1) is 0 Å². The van der Waals surface area contributed by atoms with Gasteiger partial charge in [0.25, 0.3) is 0 Å². The predicted octanol–water partition coefficient (Wildman–Crippen LogP) is -1.74. The average Bonchev–Trinajstić information content (AvgIpc) is 2.45. The van der Waals surface area contributed by atoms with Crippen molar-refractivity contribution in [3.63, 3.8) is 0 Å². The molecule has 11 heteroatoms. The second-order valence-electron chi connectivity index (χ2n) is 1.74. The highest BCUT2D eigenvalue weighted by Crippen LogP contribution is 1.40. The molecular weight excluding hydrogens is 300 g/mol. The van der Waals surface area contributed by atoms with E-state index in [1.165, 1.54) is 34.4 Å². The number of guanidine groups is 2. The topological polar surface area (TPSA) is 251 Å². The molecule has 0 amide bonds. The Bertz CT molecular complexity index is 190. The van der Waals surface area contributed by atoms with Gasteiger partial charge in [0.05, 0.1) is 0 Å². The van der Waals surface area contributed by atoms with Crippen molar-refractivity contribution < 1.29 is 5.11 Å². The highest BCUT2D eigenvalue weighted by atomic mass is 16.2. The molecule has 0 aliphatic rings. The van der Waals surface area contributed by atoms with Crippen molar-refractivity contribution in [2.45, 2.75) is 29.2 Å². The van der Waals surface area contributed by atoms with Gasteiger partial charge in [-0.3, -0.25) is 9.98 Å². The van der Waals surface area contributed by atoms with Crippen LogP contribution in [-0.4, -0.2) is 51.8 Å². The van der Waals surface area contributed by atoms with Gasteiger partial charge in [0, 0.05) is 20.7 Å². The number of aliphatic hydroxyl groups is 1. The van der Waals surface area contributed by atoms with E-state index in [4.69, 9.17) is 33.3 Å². The summed E-state index contributed by atoms with van der Waals surface area (Å²) in [5.41, 5.74) is 32.4. The first-order valence-corrected chi connectivity index (χ1v) is 5.19. The third-order valence-corrected chi connectivity index (χ3v) is 0.516. The summed E-state index contributed by atoms with van der Waals surface area (Å²) in [6.45, 7) is 1.93.